The molecule has 23 heavy (non-hydrogen) atoms. The number of nitrogens with two attached hydrogens (primary N) is 1. The van der Waals surface area contributed by atoms with Crippen LogP contribution in [-0.2, 0) is 4.79 Å². The predicted octanol–water partition coefficient (Wildman–Crippen LogP) is 2.52. The molecule has 0 radical (unpaired) electrons. The van der Waals surface area contributed by atoms with Crippen LogP contribution in [0, 0.1) is 17.8 Å². The summed E-state index contributed by atoms with van der Waals surface area (Å²) in [5.41, 5.74) is 6.34. The highest BCUT2D eigenvalue weighted by atomic mass is 16.1. The van der Waals surface area contributed by atoms with Gasteiger partial charge in [-0.3, -0.25) is 9.69 Å². The summed E-state index contributed by atoms with van der Waals surface area (Å²) in [6.45, 7) is 6.55. The minimum atomic E-state index is 0.205. The molecule has 4 nitrogen and oxygen atoms in total. The summed E-state index contributed by atoms with van der Waals surface area (Å²) in [7, 11) is 0. The molecule has 1 amide bonds. The van der Waals surface area contributed by atoms with E-state index in [-0.39, 0.29) is 11.8 Å². The average Bonchev–Trinajstić information content (AvgIpc) is 2.52. The molecule has 2 bridgehead atoms. The smallest absolute Gasteiger partial charge is 0.223 e. The number of carbonyl (C=O) groups excluding carboxylic acids is 1. The lowest BCUT2D eigenvalue weighted by Gasteiger charge is -2.43. The van der Waals surface area contributed by atoms with Crippen LogP contribution in [0.1, 0.15) is 65.2 Å². The Morgan fingerprint density at radius 2 is 1.87 bits per heavy atom. The summed E-state index contributed by atoms with van der Waals surface area (Å²) >= 11 is 0. The molecule has 2 saturated carbocycles. The van der Waals surface area contributed by atoms with Gasteiger partial charge in [0.15, 0.2) is 0 Å². The molecular weight excluding hydrogens is 286 g/mol. The average molecular weight is 322 g/mol. The van der Waals surface area contributed by atoms with Crippen molar-refractivity contribution in [2.75, 3.05) is 13.1 Å². The van der Waals surface area contributed by atoms with Crippen LogP contribution in [0.2, 0.25) is 0 Å². The number of hydrogen-bond donors (Lipinski definition) is 2. The molecule has 1 aliphatic heterocycles. The second-order valence-corrected chi connectivity index (χ2v) is 8.37. The fourth-order valence-corrected chi connectivity index (χ4v) is 5.29. The summed E-state index contributed by atoms with van der Waals surface area (Å²) in [5, 5.41) is 3.25. The number of amides is 1. The van der Waals surface area contributed by atoms with Crippen molar-refractivity contribution in [2.45, 2.75) is 83.3 Å². The lowest BCUT2D eigenvalue weighted by molar-refractivity contribution is -0.128. The molecule has 3 fully saturated rings. The molecule has 132 valence electrons. The molecule has 4 heteroatoms. The van der Waals surface area contributed by atoms with Crippen LogP contribution in [0.15, 0.2) is 0 Å². The van der Waals surface area contributed by atoms with Crippen molar-refractivity contribution in [1.29, 1.82) is 0 Å². The summed E-state index contributed by atoms with van der Waals surface area (Å²) in [4.78, 5) is 15.2. The predicted molar refractivity (Wildman–Crippen MR) is 94.0 cm³/mol. The van der Waals surface area contributed by atoms with Crippen LogP contribution < -0.4 is 11.1 Å². The van der Waals surface area contributed by atoms with E-state index < -0.39 is 0 Å². The van der Waals surface area contributed by atoms with E-state index in [1.807, 2.05) is 0 Å². The fourth-order valence-electron chi connectivity index (χ4n) is 5.29. The molecule has 4 unspecified atom stereocenters. The Hall–Kier alpha value is -0.610. The first kappa shape index (κ1) is 17.2. The SMILES string of the molecule is CC1CCCCN1C(C)CNC(=O)C1CC2CCCC(C1)C2N. The van der Waals surface area contributed by atoms with Gasteiger partial charge < -0.3 is 11.1 Å². The summed E-state index contributed by atoms with van der Waals surface area (Å²) in [6.07, 6.45) is 9.72. The highest BCUT2D eigenvalue weighted by molar-refractivity contribution is 5.78. The molecule has 0 aromatic heterocycles. The zero-order chi connectivity index (χ0) is 16.4. The first-order valence-corrected chi connectivity index (χ1v) is 9.85. The molecule has 0 aromatic carbocycles. The quantitative estimate of drug-likeness (QED) is 0.836. The van der Waals surface area contributed by atoms with Gasteiger partial charge in [-0.05, 0) is 70.8 Å². The van der Waals surface area contributed by atoms with Crippen molar-refractivity contribution >= 4 is 5.91 Å². The highest BCUT2D eigenvalue weighted by Crippen LogP contribution is 2.41. The van der Waals surface area contributed by atoms with E-state index >= 15 is 0 Å². The normalized spacial score (nSPS) is 39.7. The molecule has 3 aliphatic rings. The number of likely N-dealkylation sites (tertiary alicyclic amines) is 1. The van der Waals surface area contributed by atoms with Crippen LogP contribution in [0.5, 0.6) is 0 Å². The van der Waals surface area contributed by atoms with Gasteiger partial charge in [0.25, 0.3) is 0 Å². The van der Waals surface area contributed by atoms with Gasteiger partial charge in [0.1, 0.15) is 0 Å². The van der Waals surface area contributed by atoms with Crippen LogP contribution in [-0.4, -0.2) is 42.0 Å². The van der Waals surface area contributed by atoms with Gasteiger partial charge >= 0.3 is 0 Å². The van der Waals surface area contributed by atoms with Gasteiger partial charge in [0.2, 0.25) is 5.91 Å². The zero-order valence-electron chi connectivity index (χ0n) is 15.0. The second-order valence-electron chi connectivity index (χ2n) is 8.37. The number of nitrogens with zero attached hydrogens (tertiary/aromatic N) is 1. The minimum Gasteiger partial charge on any atom is -0.354 e. The van der Waals surface area contributed by atoms with Crippen LogP contribution in [0.3, 0.4) is 0 Å². The van der Waals surface area contributed by atoms with Crippen molar-refractivity contribution in [3.63, 3.8) is 0 Å². The second kappa shape index (κ2) is 7.52. The Balaban J connectivity index is 1.47. The molecule has 3 rings (SSSR count). The van der Waals surface area contributed by atoms with Gasteiger partial charge in [-0.2, -0.15) is 0 Å². The summed E-state index contributed by atoms with van der Waals surface area (Å²) in [6, 6.07) is 1.45. The Labute approximate surface area is 141 Å². The lowest BCUT2D eigenvalue weighted by atomic mass is 9.65. The van der Waals surface area contributed by atoms with Gasteiger partial charge in [-0.25, -0.2) is 0 Å². The monoisotopic (exact) mass is 321 g/mol. The number of fused-ring (bicyclic) bond motifs is 2. The van der Waals surface area contributed by atoms with E-state index in [1.54, 1.807) is 0 Å². The van der Waals surface area contributed by atoms with Crippen molar-refractivity contribution in [1.82, 2.24) is 10.2 Å². The standard InChI is InChI=1S/C19H35N3O/c1-13-6-3-4-9-22(13)14(2)12-21-19(23)17-10-15-7-5-8-16(11-17)18(15)20/h13-18H,3-12,20H2,1-2H3,(H,21,23). The number of piperidine rings is 1. The fraction of sp³-hybridized carbons (Fsp3) is 0.947. The number of hydrogen-bond acceptors (Lipinski definition) is 3. The Kier molecular flexibility index (Phi) is 5.63. The molecule has 1 saturated heterocycles. The molecule has 3 N–H and O–H groups in total. The maximum Gasteiger partial charge on any atom is 0.223 e. The maximum atomic E-state index is 12.6. The van der Waals surface area contributed by atoms with Gasteiger partial charge in [0.05, 0.1) is 0 Å². The summed E-state index contributed by atoms with van der Waals surface area (Å²) < 4.78 is 0. The maximum absolute atomic E-state index is 12.6. The number of carbonyl (C=O) groups is 1. The lowest BCUT2D eigenvalue weighted by Crippen LogP contribution is -2.51. The first-order chi connectivity index (χ1) is 11.1. The van der Waals surface area contributed by atoms with Crippen LogP contribution in [0.4, 0.5) is 0 Å². The van der Waals surface area contributed by atoms with E-state index in [1.165, 1.54) is 45.1 Å². The van der Waals surface area contributed by atoms with E-state index in [4.69, 9.17) is 5.73 Å². The molecular formula is C19H35N3O. The molecule has 0 aromatic rings. The van der Waals surface area contributed by atoms with E-state index in [9.17, 15) is 4.79 Å². The van der Waals surface area contributed by atoms with Crippen LogP contribution >= 0.6 is 0 Å². The van der Waals surface area contributed by atoms with Gasteiger partial charge in [-0.1, -0.05) is 12.8 Å². The van der Waals surface area contributed by atoms with Crippen molar-refractivity contribution < 1.29 is 4.79 Å². The molecule has 1 heterocycles. The number of nitrogens with one attached hydrogen (secondary N) is 1. The third kappa shape index (κ3) is 3.90. The molecule has 4 atom stereocenters. The van der Waals surface area contributed by atoms with Crippen LogP contribution in [0.25, 0.3) is 0 Å². The topological polar surface area (TPSA) is 58.4 Å². The Bertz CT molecular complexity index is 399. The number of rotatable bonds is 4. The zero-order valence-corrected chi connectivity index (χ0v) is 15.0. The van der Waals surface area contributed by atoms with E-state index in [0.29, 0.717) is 30.0 Å². The Morgan fingerprint density at radius 1 is 1.17 bits per heavy atom. The van der Waals surface area contributed by atoms with E-state index in [0.717, 1.165) is 19.4 Å². The molecule has 0 spiro atoms. The first-order valence-electron chi connectivity index (χ1n) is 9.85. The third-order valence-electron chi connectivity index (χ3n) is 6.78. The highest BCUT2D eigenvalue weighted by Gasteiger charge is 2.40. The largest absolute Gasteiger partial charge is 0.354 e. The third-order valence-corrected chi connectivity index (χ3v) is 6.78. The minimum absolute atomic E-state index is 0.205. The summed E-state index contributed by atoms with van der Waals surface area (Å²) in [5.74, 6) is 1.65. The van der Waals surface area contributed by atoms with E-state index in [2.05, 4.69) is 24.1 Å². The van der Waals surface area contributed by atoms with Crippen molar-refractivity contribution in [3.05, 3.63) is 0 Å². The van der Waals surface area contributed by atoms with Gasteiger partial charge in [-0.15, -0.1) is 0 Å². The van der Waals surface area contributed by atoms with Crippen molar-refractivity contribution in [3.8, 4) is 0 Å². The Morgan fingerprint density at radius 3 is 2.52 bits per heavy atom. The van der Waals surface area contributed by atoms with Crippen molar-refractivity contribution in [2.24, 2.45) is 23.5 Å². The molecule has 2 aliphatic carbocycles. The van der Waals surface area contributed by atoms with Gasteiger partial charge in [0, 0.05) is 30.6 Å².